The molecule has 6 nitrogen and oxygen atoms in total. The molecule has 32 heavy (non-hydrogen) atoms. The van der Waals surface area contributed by atoms with Gasteiger partial charge in [-0.2, -0.15) is 0 Å². The Morgan fingerprint density at radius 3 is 2.81 bits per heavy atom. The number of likely N-dealkylation sites (tertiary alicyclic amines) is 1. The number of hydrogen-bond acceptors (Lipinski definition) is 6. The van der Waals surface area contributed by atoms with E-state index >= 15 is 0 Å². The number of aliphatic hydroxyl groups excluding tert-OH is 1. The number of carbonyl (C=O) groups is 1. The van der Waals surface area contributed by atoms with E-state index in [0.717, 1.165) is 18.7 Å². The summed E-state index contributed by atoms with van der Waals surface area (Å²) in [6.07, 6.45) is -0.339. The first-order valence-corrected chi connectivity index (χ1v) is 10.9. The third-order valence-corrected chi connectivity index (χ3v) is 6.04. The van der Waals surface area contributed by atoms with Crippen molar-refractivity contribution in [3.63, 3.8) is 0 Å². The zero-order chi connectivity index (χ0) is 22.5. The highest BCUT2D eigenvalue weighted by molar-refractivity contribution is 5.97. The fraction of sp³-hybridized carbons (Fsp3) is 0.458. The maximum absolute atomic E-state index is 12.9. The Labute approximate surface area is 185 Å². The molecule has 1 fully saturated rings. The molecule has 4 rings (SSSR count). The van der Waals surface area contributed by atoms with Crippen molar-refractivity contribution in [2.45, 2.75) is 31.7 Å². The van der Waals surface area contributed by atoms with Crippen LogP contribution in [0, 0.1) is 5.92 Å². The first-order valence-electron chi connectivity index (χ1n) is 10.9. The molecule has 1 aromatic carbocycles. The van der Waals surface area contributed by atoms with Gasteiger partial charge < -0.3 is 14.7 Å². The summed E-state index contributed by atoms with van der Waals surface area (Å²) in [6.45, 7) is 1.96. The van der Waals surface area contributed by atoms with Crippen LogP contribution in [-0.2, 0) is 22.5 Å². The zero-order valence-electron chi connectivity index (χ0n) is 17.8. The molecule has 0 unspecified atom stereocenters. The highest BCUT2D eigenvalue weighted by Crippen LogP contribution is 2.35. The van der Waals surface area contributed by atoms with Gasteiger partial charge in [-0.3, -0.25) is 9.78 Å². The van der Waals surface area contributed by atoms with Gasteiger partial charge in [-0.25, -0.2) is 13.8 Å². The van der Waals surface area contributed by atoms with Gasteiger partial charge in [-0.05, 0) is 23.1 Å². The van der Waals surface area contributed by atoms with Crippen LogP contribution in [0.2, 0.25) is 0 Å². The average Bonchev–Trinajstić information content (AvgIpc) is 3.36. The Balaban J connectivity index is 1.39. The molecule has 1 saturated heterocycles. The summed E-state index contributed by atoms with van der Waals surface area (Å²) in [5, 5.41) is 9.33. The van der Waals surface area contributed by atoms with Gasteiger partial charge in [0.25, 0.3) is 6.43 Å². The smallest absolute Gasteiger partial charge is 0.272 e. The number of carbonyl (C=O) groups excluding carboxylic acids is 1. The molecule has 0 aliphatic carbocycles. The van der Waals surface area contributed by atoms with Crippen LogP contribution in [0.1, 0.15) is 34.7 Å². The largest absolute Gasteiger partial charge is 0.471 e. The van der Waals surface area contributed by atoms with E-state index in [2.05, 4.69) is 27.0 Å². The van der Waals surface area contributed by atoms with Gasteiger partial charge in [0.2, 0.25) is 5.90 Å². The number of pyridine rings is 1. The van der Waals surface area contributed by atoms with Crippen LogP contribution in [0.5, 0.6) is 0 Å². The SMILES string of the molecule is O=C(Cc1cc2c(cn1)C(OCC(F)F)=NC2)C[C@H]1CN(CCO)C[C@@H]1c1ccccc1. The molecule has 0 saturated carbocycles. The lowest BCUT2D eigenvalue weighted by atomic mass is 9.85. The number of aliphatic hydroxyl groups is 1. The van der Waals surface area contributed by atoms with E-state index in [0.29, 0.717) is 30.8 Å². The molecule has 0 spiro atoms. The molecule has 1 N–H and O–H groups in total. The lowest BCUT2D eigenvalue weighted by Crippen LogP contribution is -2.24. The van der Waals surface area contributed by atoms with Crippen molar-refractivity contribution in [3.8, 4) is 0 Å². The number of rotatable bonds is 9. The summed E-state index contributed by atoms with van der Waals surface area (Å²) >= 11 is 0. The van der Waals surface area contributed by atoms with E-state index in [1.54, 1.807) is 6.20 Å². The van der Waals surface area contributed by atoms with E-state index in [9.17, 15) is 18.7 Å². The normalized spacial score (nSPS) is 20.4. The predicted molar refractivity (Wildman–Crippen MR) is 116 cm³/mol. The summed E-state index contributed by atoms with van der Waals surface area (Å²) in [4.78, 5) is 23.6. The highest BCUT2D eigenvalue weighted by atomic mass is 19.3. The summed E-state index contributed by atoms with van der Waals surface area (Å²) in [6, 6.07) is 12.0. The van der Waals surface area contributed by atoms with Crippen LogP contribution in [0.15, 0.2) is 47.6 Å². The number of nitrogens with zero attached hydrogens (tertiary/aromatic N) is 3. The third-order valence-electron chi connectivity index (χ3n) is 6.04. The first kappa shape index (κ1) is 22.5. The highest BCUT2D eigenvalue weighted by Gasteiger charge is 2.34. The monoisotopic (exact) mass is 443 g/mol. The maximum Gasteiger partial charge on any atom is 0.272 e. The van der Waals surface area contributed by atoms with Gasteiger partial charge >= 0.3 is 0 Å². The van der Waals surface area contributed by atoms with Gasteiger partial charge in [0, 0.05) is 50.3 Å². The Bertz CT molecular complexity index is 968. The van der Waals surface area contributed by atoms with Gasteiger partial charge in [0.15, 0.2) is 6.61 Å². The number of alkyl halides is 2. The van der Waals surface area contributed by atoms with Crippen LogP contribution in [0.25, 0.3) is 0 Å². The summed E-state index contributed by atoms with van der Waals surface area (Å²) in [7, 11) is 0. The second-order valence-electron chi connectivity index (χ2n) is 8.34. The second kappa shape index (κ2) is 10.3. The Kier molecular flexibility index (Phi) is 7.22. The van der Waals surface area contributed by atoms with Crippen molar-refractivity contribution in [1.29, 1.82) is 0 Å². The molecule has 2 aliphatic rings. The molecule has 0 bridgehead atoms. The number of β-amino-alcohol motifs (C(OH)–C–C–N with tert-alkyl or cyclic N) is 1. The minimum absolute atomic E-state index is 0.103. The second-order valence-corrected chi connectivity index (χ2v) is 8.34. The Morgan fingerprint density at radius 1 is 1.25 bits per heavy atom. The van der Waals surface area contributed by atoms with Crippen molar-refractivity contribution < 1.29 is 23.4 Å². The Hall–Kier alpha value is -2.71. The molecule has 0 amide bonds. The molecular formula is C24H27F2N3O3. The quantitative estimate of drug-likeness (QED) is 0.645. The maximum atomic E-state index is 12.9. The lowest BCUT2D eigenvalue weighted by Gasteiger charge is -2.18. The number of aromatic nitrogens is 1. The molecule has 2 atom stereocenters. The van der Waals surface area contributed by atoms with Crippen molar-refractivity contribution in [2.75, 3.05) is 32.8 Å². The third kappa shape index (κ3) is 5.37. The fourth-order valence-corrected chi connectivity index (χ4v) is 4.61. The number of halogens is 2. The van der Waals surface area contributed by atoms with E-state index in [4.69, 9.17) is 4.74 Å². The van der Waals surface area contributed by atoms with Crippen LogP contribution < -0.4 is 0 Å². The van der Waals surface area contributed by atoms with E-state index in [1.165, 1.54) is 5.56 Å². The average molecular weight is 443 g/mol. The number of fused-ring (bicyclic) bond motifs is 1. The van der Waals surface area contributed by atoms with E-state index in [-0.39, 0.29) is 36.5 Å². The van der Waals surface area contributed by atoms with Gasteiger partial charge in [-0.1, -0.05) is 30.3 Å². The number of hydrogen-bond donors (Lipinski definition) is 1. The minimum Gasteiger partial charge on any atom is -0.471 e. The van der Waals surface area contributed by atoms with Crippen molar-refractivity contribution in [3.05, 3.63) is 65.0 Å². The Morgan fingerprint density at radius 2 is 2.06 bits per heavy atom. The summed E-state index contributed by atoms with van der Waals surface area (Å²) in [5.74, 6) is 0.736. The van der Waals surface area contributed by atoms with E-state index in [1.807, 2.05) is 24.3 Å². The number of ketones is 1. The molecule has 2 aliphatic heterocycles. The topological polar surface area (TPSA) is 75.0 Å². The summed E-state index contributed by atoms with van der Waals surface area (Å²) in [5.41, 5.74) is 3.32. The molecule has 8 heteroatoms. The number of aliphatic imine (C=N–C) groups is 1. The van der Waals surface area contributed by atoms with E-state index < -0.39 is 13.0 Å². The number of benzene rings is 1. The van der Waals surface area contributed by atoms with Crippen LogP contribution in [-0.4, -0.2) is 65.9 Å². The first-order chi connectivity index (χ1) is 15.5. The number of Topliss-reactive ketones (excluding diaryl/α,β-unsaturated/α-hetero) is 1. The van der Waals surface area contributed by atoms with Crippen LogP contribution in [0.4, 0.5) is 8.78 Å². The minimum atomic E-state index is -2.56. The van der Waals surface area contributed by atoms with Gasteiger partial charge in [0.1, 0.15) is 5.78 Å². The molecule has 2 aromatic rings. The van der Waals surface area contributed by atoms with Crippen molar-refractivity contribution in [2.24, 2.45) is 10.9 Å². The van der Waals surface area contributed by atoms with Crippen LogP contribution in [0.3, 0.4) is 0 Å². The van der Waals surface area contributed by atoms with Crippen molar-refractivity contribution in [1.82, 2.24) is 9.88 Å². The fourth-order valence-electron chi connectivity index (χ4n) is 4.61. The standard InChI is InChI=1S/C24H27F2N3O3/c25-23(26)15-32-24-21-12-27-19(8-17(21)11-28-24)10-20(31)9-18-13-29(6-7-30)14-22(18)16-4-2-1-3-5-16/h1-5,8,12,18,22-23,30H,6-7,9-11,13-15H2/t18-,22+/m0/s1. The van der Waals surface area contributed by atoms with Gasteiger partial charge in [-0.15, -0.1) is 0 Å². The molecule has 1 aromatic heterocycles. The summed E-state index contributed by atoms with van der Waals surface area (Å²) < 4.78 is 29.8. The van der Waals surface area contributed by atoms with Crippen molar-refractivity contribution >= 4 is 11.7 Å². The van der Waals surface area contributed by atoms with Gasteiger partial charge in [0.05, 0.1) is 18.7 Å². The molecule has 170 valence electrons. The zero-order valence-corrected chi connectivity index (χ0v) is 17.8. The molecule has 0 radical (unpaired) electrons. The molecular weight excluding hydrogens is 416 g/mol. The number of ether oxygens (including phenoxy) is 1. The predicted octanol–water partition coefficient (Wildman–Crippen LogP) is 2.83. The molecule has 3 heterocycles. The van der Waals surface area contributed by atoms with Crippen LogP contribution >= 0.6 is 0 Å². The lowest BCUT2D eigenvalue weighted by molar-refractivity contribution is -0.119.